The van der Waals surface area contributed by atoms with Gasteiger partial charge in [-0.1, -0.05) is 0 Å². The molecule has 0 radical (unpaired) electrons. The molecule has 0 aromatic carbocycles. The van der Waals surface area contributed by atoms with Gasteiger partial charge in [0.1, 0.15) is 12.2 Å². The number of ether oxygens (including phenoxy) is 2. The van der Waals surface area contributed by atoms with Crippen LogP contribution in [-0.4, -0.2) is 24.4 Å². The molecule has 3 aliphatic rings. The summed E-state index contributed by atoms with van der Waals surface area (Å²) in [7, 11) is 0. The van der Waals surface area contributed by atoms with E-state index in [4.69, 9.17) is 9.47 Å². The van der Waals surface area contributed by atoms with Crippen LogP contribution in [0.5, 0.6) is 0 Å². The van der Waals surface area contributed by atoms with Crippen molar-refractivity contribution in [3.63, 3.8) is 0 Å². The summed E-state index contributed by atoms with van der Waals surface area (Å²) in [4.78, 5) is 0. The van der Waals surface area contributed by atoms with Crippen molar-refractivity contribution in [2.24, 2.45) is 0 Å². The highest BCUT2D eigenvalue weighted by atomic mass is 16.7. The first-order valence-corrected chi connectivity index (χ1v) is 3.76. The lowest BCUT2D eigenvalue weighted by atomic mass is 10.1. The van der Waals surface area contributed by atoms with Crippen molar-refractivity contribution < 1.29 is 9.47 Å². The third-order valence-corrected chi connectivity index (χ3v) is 2.62. The Hall–Kier alpha value is -0.0800. The van der Waals surface area contributed by atoms with Crippen molar-refractivity contribution >= 4 is 0 Å². The van der Waals surface area contributed by atoms with Crippen molar-refractivity contribution in [3.05, 3.63) is 0 Å². The molecule has 50 valence electrons. The third kappa shape index (κ3) is 0.485. The maximum Gasteiger partial charge on any atom is 0.113 e. The molecular weight excluding hydrogens is 116 g/mol. The zero-order chi connectivity index (χ0) is 5.84. The van der Waals surface area contributed by atoms with Gasteiger partial charge in [-0.2, -0.15) is 0 Å². The molecule has 2 heteroatoms. The Labute approximate surface area is 54.1 Å². The molecule has 3 heterocycles. The molecule has 3 aliphatic heterocycles. The van der Waals surface area contributed by atoms with Crippen LogP contribution in [0.15, 0.2) is 0 Å². The Balaban J connectivity index is 1.92. The van der Waals surface area contributed by atoms with Crippen LogP contribution in [0.4, 0.5) is 0 Å². The fourth-order valence-corrected chi connectivity index (χ4v) is 2.10. The summed E-state index contributed by atoms with van der Waals surface area (Å²) >= 11 is 0. The van der Waals surface area contributed by atoms with E-state index in [-0.39, 0.29) is 0 Å². The molecule has 0 N–H and O–H groups in total. The molecule has 3 rings (SSSR count). The first-order chi connectivity index (χ1) is 4.45. The molecular formula is C7H10O2. The molecule has 3 saturated heterocycles. The van der Waals surface area contributed by atoms with E-state index in [9.17, 15) is 0 Å². The topological polar surface area (TPSA) is 21.8 Å². The summed E-state index contributed by atoms with van der Waals surface area (Å²) in [5.74, 6) is 0. The minimum atomic E-state index is 0.480. The highest BCUT2D eigenvalue weighted by Gasteiger charge is 2.58. The monoisotopic (exact) mass is 126 g/mol. The average Bonchev–Trinajstić information content (AvgIpc) is 2.62. The minimum absolute atomic E-state index is 0.480. The molecule has 0 unspecified atom stereocenters. The van der Waals surface area contributed by atoms with Gasteiger partial charge in [-0.15, -0.1) is 0 Å². The van der Waals surface area contributed by atoms with E-state index in [1.165, 1.54) is 19.3 Å². The Bertz CT molecular complexity index is 132. The van der Waals surface area contributed by atoms with Crippen LogP contribution in [0.3, 0.4) is 0 Å². The highest BCUT2D eigenvalue weighted by Crippen LogP contribution is 2.45. The maximum atomic E-state index is 5.63. The molecule has 0 spiro atoms. The lowest BCUT2D eigenvalue weighted by Gasteiger charge is -2.22. The summed E-state index contributed by atoms with van der Waals surface area (Å²) in [6.07, 6.45) is 5.80. The molecule has 4 atom stereocenters. The lowest BCUT2D eigenvalue weighted by Crippen LogP contribution is -2.24. The number of hydrogen-bond acceptors (Lipinski definition) is 2. The highest BCUT2D eigenvalue weighted by molar-refractivity contribution is 5.05. The Morgan fingerprint density at radius 2 is 1.56 bits per heavy atom. The first-order valence-electron chi connectivity index (χ1n) is 3.76. The standard InChI is InChI=1S/C7H10O2/c1-2-4-6-7(9-6)5(3-1)8-4/h4-7H,1-3H2/t4-,5+,6-,7-/m1/s1. The zero-order valence-corrected chi connectivity index (χ0v) is 5.25. The number of rotatable bonds is 0. The van der Waals surface area contributed by atoms with E-state index in [0.717, 1.165) is 0 Å². The Morgan fingerprint density at radius 1 is 0.889 bits per heavy atom. The fraction of sp³-hybridized carbons (Fsp3) is 1.00. The second-order valence-corrected chi connectivity index (χ2v) is 3.21. The Morgan fingerprint density at radius 3 is 2.11 bits per heavy atom. The lowest BCUT2D eigenvalue weighted by molar-refractivity contribution is -0.0607. The second kappa shape index (κ2) is 1.32. The largest absolute Gasteiger partial charge is 0.369 e. The molecule has 3 fully saturated rings. The zero-order valence-electron chi connectivity index (χ0n) is 5.25. The summed E-state index contributed by atoms with van der Waals surface area (Å²) in [6.45, 7) is 0. The summed E-state index contributed by atoms with van der Waals surface area (Å²) in [5.41, 5.74) is 0. The molecule has 2 bridgehead atoms. The number of hydrogen-bond donors (Lipinski definition) is 0. The molecule has 9 heavy (non-hydrogen) atoms. The van der Waals surface area contributed by atoms with Crippen LogP contribution < -0.4 is 0 Å². The van der Waals surface area contributed by atoms with Crippen LogP contribution in [-0.2, 0) is 9.47 Å². The number of fused-ring (bicyclic) bond motifs is 5. The van der Waals surface area contributed by atoms with E-state index in [2.05, 4.69) is 0 Å². The maximum absolute atomic E-state index is 5.63. The predicted octanol–water partition coefficient (Wildman–Crippen LogP) is 0.705. The molecule has 0 amide bonds. The van der Waals surface area contributed by atoms with Gasteiger partial charge in [-0.3, -0.25) is 0 Å². The van der Waals surface area contributed by atoms with Gasteiger partial charge < -0.3 is 9.47 Å². The smallest absolute Gasteiger partial charge is 0.113 e. The van der Waals surface area contributed by atoms with Crippen LogP contribution in [0.2, 0.25) is 0 Å². The van der Waals surface area contributed by atoms with Crippen LogP contribution in [0.25, 0.3) is 0 Å². The predicted molar refractivity (Wildman–Crippen MR) is 31.2 cm³/mol. The van der Waals surface area contributed by atoms with Crippen molar-refractivity contribution in [2.75, 3.05) is 0 Å². The van der Waals surface area contributed by atoms with E-state index in [1.54, 1.807) is 0 Å². The number of epoxide rings is 1. The Kier molecular flexibility index (Phi) is 0.691. The minimum Gasteiger partial charge on any atom is -0.369 e. The van der Waals surface area contributed by atoms with Gasteiger partial charge in [0, 0.05) is 0 Å². The van der Waals surface area contributed by atoms with Crippen LogP contribution in [0.1, 0.15) is 19.3 Å². The summed E-state index contributed by atoms with van der Waals surface area (Å²) in [6, 6.07) is 0. The van der Waals surface area contributed by atoms with Crippen molar-refractivity contribution in [1.82, 2.24) is 0 Å². The van der Waals surface area contributed by atoms with E-state index in [0.29, 0.717) is 24.4 Å². The molecule has 0 aromatic rings. The van der Waals surface area contributed by atoms with Gasteiger partial charge in [-0.25, -0.2) is 0 Å². The van der Waals surface area contributed by atoms with E-state index >= 15 is 0 Å². The van der Waals surface area contributed by atoms with Gasteiger partial charge >= 0.3 is 0 Å². The SMILES string of the molecule is C1C[C@@H]2O[C@H](C1)[C@H]1O[C@@H]12. The van der Waals surface area contributed by atoms with Crippen LogP contribution >= 0.6 is 0 Å². The third-order valence-electron chi connectivity index (χ3n) is 2.62. The van der Waals surface area contributed by atoms with Gasteiger partial charge in [-0.05, 0) is 19.3 Å². The molecule has 0 saturated carbocycles. The second-order valence-electron chi connectivity index (χ2n) is 3.21. The van der Waals surface area contributed by atoms with E-state index in [1.807, 2.05) is 0 Å². The average molecular weight is 126 g/mol. The molecule has 0 aliphatic carbocycles. The van der Waals surface area contributed by atoms with Gasteiger partial charge in [0.25, 0.3) is 0 Å². The van der Waals surface area contributed by atoms with Crippen molar-refractivity contribution in [1.29, 1.82) is 0 Å². The summed E-state index contributed by atoms with van der Waals surface area (Å²) in [5, 5.41) is 0. The normalized spacial score (nSPS) is 61.3. The van der Waals surface area contributed by atoms with Crippen molar-refractivity contribution in [3.8, 4) is 0 Å². The molecule has 2 nitrogen and oxygen atoms in total. The summed E-state index contributed by atoms with van der Waals surface area (Å²) < 4.78 is 11.0. The van der Waals surface area contributed by atoms with E-state index < -0.39 is 0 Å². The van der Waals surface area contributed by atoms with Crippen molar-refractivity contribution in [2.45, 2.75) is 43.7 Å². The van der Waals surface area contributed by atoms with Gasteiger partial charge in [0.2, 0.25) is 0 Å². The first kappa shape index (κ1) is 4.69. The van der Waals surface area contributed by atoms with Crippen LogP contribution in [0, 0.1) is 0 Å². The quantitative estimate of drug-likeness (QED) is 0.446. The van der Waals surface area contributed by atoms with Gasteiger partial charge in [0.15, 0.2) is 0 Å². The van der Waals surface area contributed by atoms with Gasteiger partial charge in [0.05, 0.1) is 12.2 Å². The fourth-order valence-electron chi connectivity index (χ4n) is 2.10. The molecule has 0 aromatic heterocycles.